The molecule has 0 amide bonds. The number of Topliss-reactive ketones (excluding diaryl/α,β-unsaturated/α-hetero) is 1. The predicted octanol–water partition coefficient (Wildman–Crippen LogP) is 3.95. The van der Waals surface area contributed by atoms with Crippen LogP contribution in [0.3, 0.4) is 0 Å². The van der Waals surface area contributed by atoms with Gasteiger partial charge < -0.3 is 37.9 Å². The van der Waals surface area contributed by atoms with Gasteiger partial charge in [0.05, 0.1) is 31.0 Å². The number of carbonyl (C=O) groups is 4. The summed E-state index contributed by atoms with van der Waals surface area (Å²) in [7, 11) is 4.84. The third-order valence-electron chi connectivity index (χ3n) is 12.4. The normalized spacial score (nSPS) is 45.4. The molecule has 3 aliphatic carbocycles. The number of methoxy groups -OCH3 is 3. The van der Waals surface area contributed by atoms with Crippen LogP contribution in [0, 0.1) is 41.4 Å². The minimum Gasteiger partial charge on any atom is -0.462 e. The maximum absolute atomic E-state index is 14.4. The number of rotatable bonds is 7. The summed E-state index contributed by atoms with van der Waals surface area (Å²) in [6, 6.07) is 0. The summed E-state index contributed by atoms with van der Waals surface area (Å²) in [5, 5.41) is 0. The van der Waals surface area contributed by atoms with Crippen LogP contribution in [0.4, 0.5) is 0 Å². The maximum Gasteiger partial charge on any atom is 0.306 e. The van der Waals surface area contributed by atoms with E-state index in [0.29, 0.717) is 44.1 Å². The highest BCUT2D eigenvalue weighted by atomic mass is 16.7. The highest BCUT2D eigenvalue weighted by molar-refractivity contribution is 5.99. The van der Waals surface area contributed by atoms with E-state index < -0.39 is 42.4 Å². The van der Waals surface area contributed by atoms with E-state index in [0.717, 1.165) is 0 Å². The van der Waals surface area contributed by atoms with Crippen molar-refractivity contribution in [2.24, 2.45) is 41.4 Å². The Morgan fingerprint density at radius 2 is 1.57 bits per heavy atom. The molecule has 3 heterocycles. The molecule has 0 aromatic rings. The zero-order valence-corrected chi connectivity index (χ0v) is 29.9. The Morgan fingerprint density at radius 3 is 2.24 bits per heavy atom. The summed E-state index contributed by atoms with van der Waals surface area (Å²) in [5.41, 5.74) is 0.589. The van der Waals surface area contributed by atoms with Crippen LogP contribution >= 0.6 is 0 Å². The summed E-state index contributed by atoms with van der Waals surface area (Å²) in [6.45, 7) is 7.10. The summed E-state index contributed by atoms with van der Waals surface area (Å²) in [5.74, 6) is -2.41. The van der Waals surface area contributed by atoms with Gasteiger partial charge in [-0.05, 0) is 68.8 Å². The molecule has 5 fully saturated rings. The third-order valence-corrected chi connectivity index (χ3v) is 12.4. The Kier molecular flexibility index (Phi) is 11.2. The second-order valence-corrected chi connectivity index (χ2v) is 15.0. The molecular formula is C37H54O12. The van der Waals surface area contributed by atoms with Crippen LogP contribution in [-0.2, 0) is 57.1 Å². The SMILES string of the molecule is CC[C@H]1CCC[C@H](OC(C)=O)[C@@H](C)C(=O)C2=C[C@H]3[C@@H]4C[C@H](O[C@@H]5O[C@@H](C)[C@H](OC)[C@@H](OC)[C@H]5OC)C[C@H]4C4OC(=O)CC4[C@H]3[C@@H]2CC(=O)O1. The predicted molar refractivity (Wildman–Crippen MR) is 173 cm³/mol. The van der Waals surface area contributed by atoms with Crippen molar-refractivity contribution in [1.29, 1.82) is 0 Å². The van der Waals surface area contributed by atoms with E-state index in [1.54, 1.807) is 21.3 Å². The van der Waals surface area contributed by atoms with E-state index in [-0.39, 0.29) is 90.7 Å². The fourth-order valence-electron chi connectivity index (χ4n) is 10.2. The van der Waals surface area contributed by atoms with Crippen LogP contribution < -0.4 is 0 Å². The molecule has 0 spiro atoms. The standard InChI is InChI=1S/C37H54O12/c1-8-20-10-9-11-28(46-19(4)38)17(2)32(41)25-14-23-22-12-21(48-37-36(44-7)35(43-6)33(42-5)18(3)45-37)13-26(22)34-27(16-30(40)49-34)31(23)24(25)15-29(39)47-20/h14,17-18,20-24,26-28,31,33-37H,8-13,15-16H2,1-7H3/t17-,18+,20+,21+,22+,23+,24-,26-,27?,28+,31-,33+,34?,35-,36-,37+/m1/s1. The number of fused-ring (bicyclic) bond motifs is 8. The van der Waals surface area contributed by atoms with Crippen molar-refractivity contribution in [2.75, 3.05) is 21.3 Å². The summed E-state index contributed by atoms with van der Waals surface area (Å²) in [4.78, 5) is 53.0. The highest BCUT2D eigenvalue weighted by Gasteiger charge is 2.63. The molecule has 0 aromatic carbocycles. The van der Waals surface area contributed by atoms with Crippen molar-refractivity contribution in [3.8, 4) is 0 Å². The van der Waals surface area contributed by atoms with Crippen LogP contribution in [-0.4, -0.2) is 100 Å². The zero-order chi connectivity index (χ0) is 35.1. The highest BCUT2D eigenvalue weighted by Crippen LogP contribution is 2.61. The lowest BCUT2D eigenvalue weighted by molar-refractivity contribution is -0.314. The minimum absolute atomic E-state index is 0.0192. The molecule has 3 saturated heterocycles. The van der Waals surface area contributed by atoms with Gasteiger partial charge in [0.25, 0.3) is 0 Å². The van der Waals surface area contributed by atoms with Gasteiger partial charge in [0.15, 0.2) is 12.1 Å². The van der Waals surface area contributed by atoms with E-state index in [2.05, 4.69) is 6.08 Å². The third kappa shape index (κ3) is 6.97. The molecule has 12 heteroatoms. The monoisotopic (exact) mass is 690 g/mol. The van der Waals surface area contributed by atoms with Crippen molar-refractivity contribution in [3.05, 3.63) is 11.6 Å². The molecule has 2 unspecified atom stereocenters. The van der Waals surface area contributed by atoms with E-state index >= 15 is 0 Å². The first-order chi connectivity index (χ1) is 23.5. The molecule has 49 heavy (non-hydrogen) atoms. The average molecular weight is 691 g/mol. The molecule has 0 radical (unpaired) electrons. The molecule has 6 rings (SSSR count). The lowest BCUT2D eigenvalue weighted by Gasteiger charge is -2.45. The number of hydrogen-bond donors (Lipinski definition) is 0. The van der Waals surface area contributed by atoms with Gasteiger partial charge in [-0.1, -0.05) is 19.9 Å². The van der Waals surface area contributed by atoms with Crippen LogP contribution in [0.5, 0.6) is 0 Å². The number of ether oxygens (including phenoxy) is 8. The Morgan fingerprint density at radius 1 is 0.878 bits per heavy atom. The van der Waals surface area contributed by atoms with Gasteiger partial charge in [0.2, 0.25) is 0 Å². The minimum atomic E-state index is -0.696. The van der Waals surface area contributed by atoms with E-state index in [1.807, 2.05) is 20.8 Å². The quantitative estimate of drug-likeness (QED) is 0.282. The summed E-state index contributed by atoms with van der Waals surface area (Å²) < 4.78 is 48.0. The fraction of sp³-hybridized carbons (Fsp3) is 0.838. The number of esters is 3. The number of hydrogen-bond acceptors (Lipinski definition) is 12. The molecular weight excluding hydrogens is 636 g/mol. The molecule has 16 atom stereocenters. The molecule has 6 aliphatic rings. The number of ketones is 1. The van der Waals surface area contributed by atoms with Gasteiger partial charge in [-0.2, -0.15) is 0 Å². The van der Waals surface area contributed by atoms with Gasteiger partial charge in [-0.15, -0.1) is 0 Å². The number of allylic oxidation sites excluding steroid dienone is 2. The molecule has 0 N–H and O–H groups in total. The largest absolute Gasteiger partial charge is 0.462 e. The van der Waals surface area contributed by atoms with Crippen LogP contribution in [0.2, 0.25) is 0 Å². The maximum atomic E-state index is 14.4. The van der Waals surface area contributed by atoms with E-state index in [9.17, 15) is 19.2 Å². The van der Waals surface area contributed by atoms with Gasteiger partial charge in [-0.25, -0.2) is 0 Å². The Hall–Kier alpha value is -2.38. The topological polar surface area (TPSA) is 142 Å². The molecule has 3 aliphatic heterocycles. The second-order valence-electron chi connectivity index (χ2n) is 15.0. The summed E-state index contributed by atoms with van der Waals surface area (Å²) >= 11 is 0. The van der Waals surface area contributed by atoms with E-state index in [4.69, 9.17) is 37.9 Å². The Bertz CT molecular complexity index is 1280. The molecule has 0 aromatic heterocycles. The lowest BCUT2D eigenvalue weighted by Crippen LogP contribution is -2.59. The molecule has 274 valence electrons. The number of carbonyl (C=O) groups excluding carboxylic acids is 4. The average Bonchev–Trinajstić information content (AvgIpc) is 3.76. The van der Waals surface area contributed by atoms with Crippen molar-refractivity contribution >= 4 is 23.7 Å². The first kappa shape index (κ1) is 36.4. The smallest absolute Gasteiger partial charge is 0.306 e. The fourth-order valence-corrected chi connectivity index (χ4v) is 10.2. The first-order valence-electron chi connectivity index (χ1n) is 18.2. The second kappa shape index (κ2) is 15.1. The van der Waals surface area contributed by atoms with Crippen molar-refractivity contribution in [2.45, 2.75) is 134 Å². The molecule has 0 bridgehead atoms. The van der Waals surface area contributed by atoms with Crippen molar-refractivity contribution < 1.29 is 57.1 Å². The van der Waals surface area contributed by atoms with Gasteiger partial charge in [-0.3, -0.25) is 19.2 Å². The van der Waals surface area contributed by atoms with Crippen LogP contribution in [0.25, 0.3) is 0 Å². The van der Waals surface area contributed by atoms with Crippen LogP contribution in [0.1, 0.15) is 79.1 Å². The van der Waals surface area contributed by atoms with E-state index in [1.165, 1.54) is 6.92 Å². The van der Waals surface area contributed by atoms with Crippen molar-refractivity contribution in [3.63, 3.8) is 0 Å². The van der Waals surface area contributed by atoms with Gasteiger partial charge >= 0.3 is 17.9 Å². The van der Waals surface area contributed by atoms with Crippen LogP contribution in [0.15, 0.2) is 11.6 Å². The van der Waals surface area contributed by atoms with Crippen molar-refractivity contribution in [1.82, 2.24) is 0 Å². The molecule has 2 saturated carbocycles. The first-order valence-corrected chi connectivity index (χ1v) is 18.2. The number of cyclic esters (lactones) is 1. The lowest BCUT2D eigenvalue weighted by atomic mass is 9.59. The Balaban J connectivity index is 1.31. The molecule has 12 nitrogen and oxygen atoms in total. The summed E-state index contributed by atoms with van der Waals surface area (Å²) in [6.07, 6.45) is 2.52. The van der Waals surface area contributed by atoms with Gasteiger partial charge in [0.1, 0.15) is 36.6 Å². The Labute approximate surface area is 289 Å². The van der Waals surface area contributed by atoms with Gasteiger partial charge in [0, 0.05) is 46.0 Å². The zero-order valence-electron chi connectivity index (χ0n) is 29.9.